The van der Waals surface area contributed by atoms with Crippen molar-refractivity contribution in [3.8, 4) is 0 Å². The summed E-state index contributed by atoms with van der Waals surface area (Å²) in [5.74, 6) is -0.643. The Kier molecular flexibility index (Phi) is 6.88. The number of rotatable bonds is 8. The van der Waals surface area contributed by atoms with Crippen LogP contribution in [0.3, 0.4) is 0 Å². The zero-order valence-corrected chi connectivity index (χ0v) is 11.9. The van der Waals surface area contributed by atoms with Crippen molar-refractivity contribution in [2.45, 2.75) is 26.7 Å². The summed E-state index contributed by atoms with van der Waals surface area (Å²) in [4.78, 5) is 26.7. The highest BCUT2D eigenvalue weighted by Gasteiger charge is 2.15. The number of hydrogen-bond donors (Lipinski definition) is 1. The van der Waals surface area contributed by atoms with E-state index < -0.39 is 5.97 Å². The SMILES string of the molecule is CCOC(=O)CCCNc1scnc1C(=O)OCC. The highest BCUT2D eigenvalue weighted by Crippen LogP contribution is 2.20. The van der Waals surface area contributed by atoms with Crippen LogP contribution in [-0.4, -0.2) is 36.7 Å². The van der Waals surface area contributed by atoms with E-state index in [4.69, 9.17) is 9.47 Å². The van der Waals surface area contributed by atoms with E-state index in [2.05, 4.69) is 10.3 Å². The zero-order valence-electron chi connectivity index (χ0n) is 11.1. The van der Waals surface area contributed by atoms with Gasteiger partial charge in [0.05, 0.1) is 18.7 Å². The van der Waals surface area contributed by atoms with Gasteiger partial charge in [-0.15, -0.1) is 11.3 Å². The number of nitrogens with zero attached hydrogens (tertiary/aromatic N) is 1. The number of anilines is 1. The number of aromatic nitrogens is 1. The Morgan fingerprint density at radius 3 is 2.74 bits per heavy atom. The molecule has 0 aromatic carbocycles. The van der Waals surface area contributed by atoms with Gasteiger partial charge in [0.2, 0.25) is 0 Å². The molecular weight excluding hydrogens is 268 g/mol. The lowest BCUT2D eigenvalue weighted by Gasteiger charge is -2.05. The fourth-order valence-corrected chi connectivity index (χ4v) is 2.08. The maximum Gasteiger partial charge on any atom is 0.360 e. The molecule has 1 rings (SSSR count). The zero-order chi connectivity index (χ0) is 14.1. The Balaban J connectivity index is 2.35. The predicted octanol–water partition coefficient (Wildman–Crippen LogP) is 2.08. The first kappa shape index (κ1) is 15.4. The largest absolute Gasteiger partial charge is 0.466 e. The van der Waals surface area contributed by atoms with Gasteiger partial charge in [0.25, 0.3) is 0 Å². The van der Waals surface area contributed by atoms with Crippen molar-refractivity contribution in [1.82, 2.24) is 4.98 Å². The van der Waals surface area contributed by atoms with Crippen LogP contribution in [0.4, 0.5) is 5.00 Å². The Morgan fingerprint density at radius 1 is 1.32 bits per heavy atom. The lowest BCUT2D eigenvalue weighted by Crippen LogP contribution is -2.11. The van der Waals surface area contributed by atoms with Crippen molar-refractivity contribution in [2.75, 3.05) is 25.1 Å². The van der Waals surface area contributed by atoms with Crippen LogP contribution in [0.5, 0.6) is 0 Å². The van der Waals surface area contributed by atoms with Gasteiger partial charge < -0.3 is 14.8 Å². The van der Waals surface area contributed by atoms with Crippen LogP contribution in [0.2, 0.25) is 0 Å². The molecule has 1 aromatic heterocycles. The first-order valence-corrected chi connectivity index (χ1v) is 7.07. The van der Waals surface area contributed by atoms with E-state index in [9.17, 15) is 9.59 Å². The van der Waals surface area contributed by atoms with Crippen LogP contribution >= 0.6 is 11.3 Å². The third-order valence-electron chi connectivity index (χ3n) is 2.18. The van der Waals surface area contributed by atoms with E-state index >= 15 is 0 Å². The minimum atomic E-state index is -0.434. The maximum atomic E-state index is 11.6. The van der Waals surface area contributed by atoms with Gasteiger partial charge in [-0.05, 0) is 20.3 Å². The van der Waals surface area contributed by atoms with Crippen molar-refractivity contribution >= 4 is 28.3 Å². The molecule has 0 amide bonds. The third-order valence-corrected chi connectivity index (χ3v) is 2.97. The average Bonchev–Trinajstić information content (AvgIpc) is 2.83. The van der Waals surface area contributed by atoms with Crippen molar-refractivity contribution in [2.24, 2.45) is 0 Å². The second-order valence-corrected chi connectivity index (χ2v) is 4.44. The lowest BCUT2D eigenvalue weighted by molar-refractivity contribution is -0.143. The Labute approximate surface area is 116 Å². The summed E-state index contributed by atoms with van der Waals surface area (Å²) < 4.78 is 9.72. The van der Waals surface area contributed by atoms with Crippen LogP contribution < -0.4 is 5.32 Å². The van der Waals surface area contributed by atoms with Crippen molar-refractivity contribution in [1.29, 1.82) is 0 Å². The monoisotopic (exact) mass is 286 g/mol. The normalized spacial score (nSPS) is 10.0. The smallest absolute Gasteiger partial charge is 0.360 e. The number of ether oxygens (including phenoxy) is 2. The van der Waals surface area contributed by atoms with E-state index in [1.165, 1.54) is 11.3 Å². The second-order valence-electron chi connectivity index (χ2n) is 3.59. The third kappa shape index (κ3) is 5.25. The number of nitrogens with one attached hydrogen (secondary N) is 1. The van der Waals surface area contributed by atoms with E-state index in [0.29, 0.717) is 43.3 Å². The highest BCUT2D eigenvalue weighted by atomic mass is 32.1. The quantitative estimate of drug-likeness (QED) is 0.582. The summed E-state index contributed by atoms with van der Waals surface area (Å²) in [5, 5.41) is 3.75. The van der Waals surface area contributed by atoms with E-state index in [1.807, 2.05) is 0 Å². The number of hydrogen-bond acceptors (Lipinski definition) is 7. The molecule has 0 radical (unpaired) electrons. The molecule has 1 aromatic rings. The average molecular weight is 286 g/mol. The predicted molar refractivity (Wildman–Crippen MR) is 72.4 cm³/mol. The van der Waals surface area contributed by atoms with Gasteiger partial charge in [-0.2, -0.15) is 0 Å². The second kappa shape index (κ2) is 8.47. The minimum Gasteiger partial charge on any atom is -0.466 e. The molecule has 0 fully saturated rings. The number of thiazole rings is 1. The fraction of sp³-hybridized carbons (Fsp3) is 0.583. The van der Waals surface area contributed by atoms with Gasteiger partial charge in [-0.3, -0.25) is 4.79 Å². The highest BCUT2D eigenvalue weighted by molar-refractivity contribution is 7.14. The first-order chi connectivity index (χ1) is 9.19. The van der Waals surface area contributed by atoms with Crippen LogP contribution in [-0.2, 0) is 14.3 Å². The molecule has 0 saturated heterocycles. The molecule has 1 heterocycles. The number of carbonyl (C=O) groups is 2. The lowest BCUT2D eigenvalue weighted by atomic mass is 10.3. The summed E-state index contributed by atoms with van der Waals surface area (Å²) >= 11 is 1.33. The first-order valence-electron chi connectivity index (χ1n) is 6.19. The summed E-state index contributed by atoms with van der Waals surface area (Å²) in [7, 11) is 0. The van der Waals surface area contributed by atoms with Crippen LogP contribution in [0.1, 0.15) is 37.2 Å². The molecule has 1 N–H and O–H groups in total. The van der Waals surface area contributed by atoms with Gasteiger partial charge in [0.1, 0.15) is 5.00 Å². The summed E-state index contributed by atoms with van der Waals surface area (Å²) in [5.41, 5.74) is 1.88. The Hall–Kier alpha value is -1.63. The van der Waals surface area contributed by atoms with Gasteiger partial charge in [-0.1, -0.05) is 0 Å². The molecule has 0 aliphatic heterocycles. The van der Waals surface area contributed by atoms with Gasteiger partial charge >= 0.3 is 11.9 Å². The summed E-state index contributed by atoms with van der Waals surface area (Å²) in [6.45, 7) is 4.82. The molecule has 0 spiro atoms. The fourth-order valence-electron chi connectivity index (χ4n) is 1.38. The molecule has 0 unspecified atom stereocenters. The van der Waals surface area contributed by atoms with E-state index in [1.54, 1.807) is 19.4 Å². The molecule has 0 bridgehead atoms. The molecule has 7 heteroatoms. The Morgan fingerprint density at radius 2 is 2.05 bits per heavy atom. The summed E-state index contributed by atoms with van der Waals surface area (Å²) in [6.07, 6.45) is 0.993. The molecule has 19 heavy (non-hydrogen) atoms. The number of carbonyl (C=O) groups excluding carboxylic acids is 2. The van der Waals surface area contributed by atoms with Crippen molar-refractivity contribution in [3.05, 3.63) is 11.2 Å². The van der Waals surface area contributed by atoms with Gasteiger partial charge in [0, 0.05) is 13.0 Å². The van der Waals surface area contributed by atoms with E-state index in [-0.39, 0.29) is 5.97 Å². The minimum absolute atomic E-state index is 0.209. The topological polar surface area (TPSA) is 77.5 Å². The van der Waals surface area contributed by atoms with Gasteiger partial charge in [-0.25, -0.2) is 9.78 Å². The maximum absolute atomic E-state index is 11.6. The van der Waals surface area contributed by atoms with Crippen LogP contribution in [0, 0.1) is 0 Å². The molecule has 0 atom stereocenters. The Bertz CT molecular complexity index is 420. The number of esters is 2. The van der Waals surface area contributed by atoms with Crippen LogP contribution in [0.15, 0.2) is 5.51 Å². The van der Waals surface area contributed by atoms with Crippen LogP contribution in [0.25, 0.3) is 0 Å². The molecule has 106 valence electrons. The molecule has 0 saturated carbocycles. The van der Waals surface area contributed by atoms with Crippen molar-refractivity contribution in [3.63, 3.8) is 0 Å². The molecule has 0 aliphatic carbocycles. The molecular formula is C12H18N2O4S. The molecule has 6 nitrogen and oxygen atoms in total. The summed E-state index contributed by atoms with van der Waals surface area (Å²) in [6, 6.07) is 0. The van der Waals surface area contributed by atoms with Gasteiger partial charge in [0.15, 0.2) is 5.69 Å². The van der Waals surface area contributed by atoms with Crippen molar-refractivity contribution < 1.29 is 19.1 Å². The van der Waals surface area contributed by atoms with E-state index in [0.717, 1.165) is 0 Å². The molecule has 0 aliphatic rings. The standard InChI is InChI=1S/C12H18N2O4S/c1-3-17-9(15)6-5-7-13-11-10(14-8-19-11)12(16)18-4-2/h8,13H,3-7H2,1-2H3.